The molecular formula is C15H9Cl2FN2O3. The standard InChI is InChI=1S/C15H9Cl2FN2O3/c16-10-3-1-9(12(17)7-10)2-6-15(21)19-11-4-5-13(18)14(8-11)20(22)23/h1-8H,(H,19,21). The Kier molecular flexibility index (Phi) is 5.31. The molecule has 118 valence electrons. The van der Waals surface area contributed by atoms with Gasteiger partial charge in [-0.05, 0) is 35.9 Å². The van der Waals surface area contributed by atoms with Gasteiger partial charge in [0.05, 0.1) is 4.92 Å². The van der Waals surface area contributed by atoms with Crippen LogP contribution in [0.1, 0.15) is 5.56 Å². The molecule has 0 aliphatic carbocycles. The van der Waals surface area contributed by atoms with Crippen LogP contribution >= 0.6 is 23.2 Å². The molecule has 0 saturated heterocycles. The van der Waals surface area contributed by atoms with Gasteiger partial charge in [0, 0.05) is 27.9 Å². The Morgan fingerprint density at radius 2 is 1.96 bits per heavy atom. The molecule has 0 atom stereocenters. The zero-order valence-corrected chi connectivity index (χ0v) is 12.9. The van der Waals surface area contributed by atoms with Gasteiger partial charge in [0.2, 0.25) is 11.7 Å². The summed E-state index contributed by atoms with van der Waals surface area (Å²) in [4.78, 5) is 21.6. The number of nitrogens with zero attached hydrogens (tertiary/aromatic N) is 1. The van der Waals surface area contributed by atoms with Gasteiger partial charge >= 0.3 is 5.69 Å². The van der Waals surface area contributed by atoms with E-state index in [-0.39, 0.29) is 5.69 Å². The van der Waals surface area contributed by atoms with Crippen LogP contribution in [0.3, 0.4) is 0 Å². The zero-order chi connectivity index (χ0) is 17.0. The maximum atomic E-state index is 13.2. The van der Waals surface area contributed by atoms with Gasteiger partial charge in [0.25, 0.3) is 0 Å². The molecule has 0 aliphatic rings. The largest absolute Gasteiger partial charge is 0.322 e. The Balaban J connectivity index is 2.12. The zero-order valence-electron chi connectivity index (χ0n) is 11.4. The van der Waals surface area contributed by atoms with E-state index in [4.69, 9.17) is 23.2 Å². The fourth-order valence-corrected chi connectivity index (χ4v) is 2.19. The summed E-state index contributed by atoms with van der Waals surface area (Å²) in [6.45, 7) is 0. The molecule has 2 aromatic carbocycles. The molecule has 23 heavy (non-hydrogen) atoms. The minimum absolute atomic E-state index is 0.106. The summed E-state index contributed by atoms with van der Waals surface area (Å²) in [6.07, 6.45) is 2.66. The highest BCUT2D eigenvalue weighted by Gasteiger charge is 2.14. The number of anilines is 1. The second kappa shape index (κ2) is 7.21. The highest BCUT2D eigenvalue weighted by Crippen LogP contribution is 2.23. The normalized spacial score (nSPS) is 10.7. The summed E-state index contributed by atoms with van der Waals surface area (Å²) < 4.78 is 13.2. The number of benzene rings is 2. The first-order chi connectivity index (χ1) is 10.9. The van der Waals surface area contributed by atoms with E-state index in [1.54, 1.807) is 12.1 Å². The fourth-order valence-electron chi connectivity index (χ4n) is 1.72. The van der Waals surface area contributed by atoms with Crippen LogP contribution in [0.25, 0.3) is 6.08 Å². The highest BCUT2D eigenvalue weighted by atomic mass is 35.5. The molecule has 2 aromatic rings. The van der Waals surface area contributed by atoms with E-state index < -0.39 is 22.3 Å². The molecule has 0 bridgehead atoms. The van der Waals surface area contributed by atoms with E-state index in [0.717, 1.165) is 12.1 Å². The number of halogens is 3. The summed E-state index contributed by atoms with van der Waals surface area (Å²) >= 11 is 11.7. The predicted molar refractivity (Wildman–Crippen MR) is 87.2 cm³/mol. The van der Waals surface area contributed by atoms with Gasteiger partial charge in [-0.25, -0.2) is 0 Å². The third-order valence-electron chi connectivity index (χ3n) is 2.79. The first kappa shape index (κ1) is 16.9. The van der Waals surface area contributed by atoms with Crippen LogP contribution in [0.4, 0.5) is 15.8 Å². The Bertz CT molecular complexity index is 809. The molecule has 1 N–H and O–H groups in total. The number of rotatable bonds is 4. The lowest BCUT2D eigenvalue weighted by molar-refractivity contribution is -0.387. The summed E-state index contributed by atoms with van der Waals surface area (Å²) in [5.74, 6) is -1.52. The first-order valence-electron chi connectivity index (χ1n) is 6.25. The van der Waals surface area contributed by atoms with Crippen LogP contribution in [0.2, 0.25) is 10.0 Å². The van der Waals surface area contributed by atoms with Crippen molar-refractivity contribution < 1.29 is 14.1 Å². The minimum Gasteiger partial charge on any atom is -0.322 e. The molecule has 0 aliphatic heterocycles. The van der Waals surface area contributed by atoms with Gasteiger partial charge in [0.1, 0.15) is 0 Å². The maximum Gasteiger partial charge on any atom is 0.306 e. The third kappa shape index (κ3) is 4.51. The first-order valence-corrected chi connectivity index (χ1v) is 7.00. The van der Waals surface area contributed by atoms with E-state index in [2.05, 4.69) is 5.32 Å². The SMILES string of the molecule is O=C(C=Cc1ccc(Cl)cc1Cl)Nc1ccc(F)c([N+](=O)[O-])c1. The minimum atomic E-state index is -0.975. The van der Waals surface area contributed by atoms with Crippen molar-refractivity contribution in [3.63, 3.8) is 0 Å². The van der Waals surface area contributed by atoms with Crippen LogP contribution in [0, 0.1) is 15.9 Å². The molecule has 2 rings (SSSR count). The van der Waals surface area contributed by atoms with Crippen LogP contribution in [0.15, 0.2) is 42.5 Å². The van der Waals surface area contributed by atoms with Crippen LogP contribution in [-0.4, -0.2) is 10.8 Å². The van der Waals surface area contributed by atoms with E-state index in [1.807, 2.05) is 0 Å². The number of carbonyl (C=O) groups excluding carboxylic acids is 1. The van der Waals surface area contributed by atoms with Crippen molar-refractivity contribution in [1.29, 1.82) is 0 Å². The number of carbonyl (C=O) groups is 1. The molecule has 0 heterocycles. The number of amides is 1. The van der Waals surface area contributed by atoms with Gasteiger partial charge in [-0.2, -0.15) is 4.39 Å². The summed E-state index contributed by atoms with van der Waals surface area (Å²) in [6, 6.07) is 7.86. The van der Waals surface area contributed by atoms with Gasteiger partial charge in [0.15, 0.2) is 0 Å². The lowest BCUT2D eigenvalue weighted by Crippen LogP contribution is -2.08. The third-order valence-corrected chi connectivity index (χ3v) is 3.35. The average molecular weight is 355 g/mol. The average Bonchev–Trinajstić information content (AvgIpc) is 2.48. The number of nitro benzene ring substituents is 1. The Labute approximate surface area is 140 Å². The summed E-state index contributed by atoms with van der Waals surface area (Å²) in [5, 5.41) is 13.9. The lowest BCUT2D eigenvalue weighted by atomic mass is 10.2. The second-order valence-electron chi connectivity index (χ2n) is 4.41. The van der Waals surface area contributed by atoms with Gasteiger partial charge in [-0.1, -0.05) is 29.3 Å². The number of nitro groups is 1. The molecule has 0 aromatic heterocycles. The van der Waals surface area contributed by atoms with Crippen molar-refractivity contribution in [2.24, 2.45) is 0 Å². The van der Waals surface area contributed by atoms with Gasteiger partial charge in [-0.15, -0.1) is 0 Å². The molecule has 8 heteroatoms. The molecule has 0 saturated carbocycles. The molecule has 1 amide bonds. The number of nitrogens with one attached hydrogen (secondary N) is 1. The van der Waals surface area contributed by atoms with E-state index >= 15 is 0 Å². The lowest BCUT2D eigenvalue weighted by Gasteiger charge is -2.03. The summed E-state index contributed by atoms with van der Waals surface area (Å²) in [7, 11) is 0. The van der Waals surface area contributed by atoms with E-state index in [9.17, 15) is 19.3 Å². The van der Waals surface area contributed by atoms with Gasteiger partial charge < -0.3 is 5.32 Å². The number of hydrogen-bond acceptors (Lipinski definition) is 3. The van der Waals surface area contributed by atoms with Crippen LogP contribution in [-0.2, 0) is 4.79 Å². The quantitative estimate of drug-likeness (QED) is 0.491. The van der Waals surface area contributed by atoms with Crippen LogP contribution in [0.5, 0.6) is 0 Å². The van der Waals surface area contributed by atoms with Crippen molar-refractivity contribution >= 4 is 46.6 Å². The predicted octanol–water partition coefficient (Wildman–Crippen LogP) is 4.69. The van der Waals surface area contributed by atoms with E-state index in [1.165, 1.54) is 24.3 Å². The smallest absolute Gasteiger partial charge is 0.306 e. The van der Waals surface area contributed by atoms with Crippen molar-refractivity contribution in [1.82, 2.24) is 0 Å². The summed E-state index contributed by atoms with van der Waals surface area (Å²) in [5.41, 5.74) is -0.0289. The Morgan fingerprint density at radius 3 is 2.61 bits per heavy atom. The monoisotopic (exact) mass is 354 g/mol. The van der Waals surface area contributed by atoms with Crippen molar-refractivity contribution in [2.75, 3.05) is 5.32 Å². The fraction of sp³-hybridized carbons (Fsp3) is 0. The molecule has 0 spiro atoms. The Hall–Kier alpha value is -2.44. The topological polar surface area (TPSA) is 72.2 Å². The highest BCUT2D eigenvalue weighted by molar-refractivity contribution is 6.35. The maximum absolute atomic E-state index is 13.2. The van der Waals surface area contributed by atoms with E-state index in [0.29, 0.717) is 15.6 Å². The molecule has 0 unspecified atom stereocenters. The molecule has 0 fully saturated rings. The van der Waals surface area contributed by atoms with Crippen LogP contribution < -0.4 is 5.32 Å². The number of hydrogen-bond donors (Lipinski definition) is 1. The molecule has 5 nitrogen and oxygen atoms in total. The van der Waals surface area contributed by atoms with Crippen molar-refractivity contribution in [3.8, 4) is 0 Å². The molecular weight excluding hydrogens is 346 g/mol. The second-order valence-corrected chi connectivity index (χ2v) is 5.26. The van der Waals surface area contributed by atoms with Crippen molar-refractivity contribution in [3.05, 3.63) is 74.0 Å². The van der Waals surface area contributed by atoms with Crippen molar-refractivity contribution in [2.45, 2.75) is 0 Å². The Morgan fingerprint density at radius 1 is 1.22 bits per heavy atom. The van der Waals surface area contributed by atoms with Gasteiger partial charge in [-0.3, -0.25) is 14.9 Å². The molecule has 0 radical (unpaired) electrons.